The Hall–Kier alpha value is -1.56. The second kappa shape index (κ2) is 6.47. The van der Waals surface area contributed by atoms with Crippen molar-refractivity contribution in [2.24, 2.45) is 5.92 Å². The maximum atomic E-state index is 12.8. The Morgan fingerprint density at radius 2 is 2.00 bits per heavy atom. The van der Waals surface area contributed by atoms with Gasteiger partial charge in [-0.15, -0.1) is 0 Å². The van der Waals surface area contributed by atoms with Crippen molar-refractivity contribution in [3.05, 3.63) is 35.4 Å². The van der Waals surface area contributed by atoms with E-state index in [1.165, 1.54) is 4.90 Å². The van der Waals surface area contributed by atoms with Crippen molar-refractivity contribution in [2.75, 3.05) is 20.1 Å². The van der Waals surface area contributed by atoms with Gasteiger partial charge in [0.25, 0.3) is 5.91 Å². The van der Waals surface area contributed by atoms with E-state index in [2.05, 4.69) is 5.32 Å². The summed E-state index contributed by atoms with van der Waals surface area (Å²) in [5.74, 6) is -1.72. The van der Waals surface area contributed by atoms with Crippen molar-refractivity contribution in [1.82, 2.24) is 10.2 Å². The minimum absolute atomic E-state index is 0.106. The van der Waals surface area contributed by atoms with Crippen LogP contribution < -0.4 is 5.32 Å². The summed E-state index contributed by atoms with van der Waals surface area (Å²) in [6.07, 6.45) is -3.72. The molecular weight excluding hydrogens is 281 g/mol. The van der Waals surface area contributed by atoms with E-state index in [9.17, 15) is 18.0 Å². The van der Waals surface area contributed by atoms with E-state index in [-0.39, 0.29) is 18.9 Å². The van der Waals surface area contributed by atoms with Crippen LogP contribution in [0.2, 0.25) is 0 Å². The topological polar surface area (TPSA) is 32.3 Å². The molecule has 1 N–H and O–H groups in total. The summed E-state index contributed by atoms with van der Waals surface area (Å²) in [6, 6.07) is 6.97. The van der Waals surface area contributed by atoms with Crippen LogP contribution in [0, 0.1) is 5.92 Å². The lowest BCUT2D eigenvalue weighted by Gasteiger charge is -2.33. The van der Waals surface area contributed by atoms with Gasteiger partial charge < -0.3 is 10.2 Å². The van der Waals surface area contributed by atoms with E-state index in [1.54, 1.807) is 12.1 Å². The van der Waals surface area contributed by atoms with Crippen molar-refractivity contribution >= 4 is 5.91 Å². The minimum atomic E-state index is -4.23. The zero-order valence-corrected chi connectivity index (χ0v) is 11.9. The molecule has 1 aliphatic heterocycles. The highest BCUT2D eigenvalue weighted by molar-refractivity contribution is 5.94. The van der Waals surface area contributed by atoms with Gasteiger partial charge >= 0.3 is 6.18 Å². The summed E-state index contributed by atoms with van der Waals surface area (Å²) in [5.41, 5.74) is 1.47. The lowest BCUT2D eigenvalue weighted by atomic mass is 9.97. The molecule has 0 saturated carbocycles. The predicted molar refractivity (Wildman–Crippen MR) is 73.9 cm³/mol. The third-order valence-corrected chi connectivity index (χ3v) is 3.75. The highest BCUT2D eigenvalue weighted by atomic mass is 19.4. The summed E-state index contributed by atoms with van der Waals surface area (Å²) in [4.78, 5) is 13.6. The Bertz CT molecular complexity index is 485. The average molecular weight is 300 g/mol. The smallest absolute Gasteiger partial charge is 0.338 e. The van der Waals surface area contributed by atoms with Crippen molar-refractivity contribution in [3.8, 4) is 0 Å². The number of nitrogens with zero attached hydrogens (tertiary/aromatic N) is 1. The number of amides is 1. The number of alkyl halides is 3. The van der Waals surface area contributed by atoms with Gasteiger partial charge in [0, 0.05) is 25.2 Å². The van der Waals surface area contributed by atoms with Gasteiger partial charge in [0.05, 0.1) is 5.92 Å². The van der Waals surface area contributed by atoms with Gasteiger partial charge in [-0.1, -0.05) is 12.1 Å². The first-order valence-electron chi connectivity index (χ1n) is 7.01. The van der Waals surface area contributed by atoms with E-state index in [1.807, 2.05) is 19.2 Å². The summed E-state index contributed by atoms with van der Waals surface area (Å²) < 4.78 is 38.3. The zero-order chi connectivity index (χ0) is 15.5. The van der Waals surface area contributed by atoms with Crippen molar-refractivity contribution in [3.63, 3.8) is 0 Å². The number of likely N-dealkylation sites (tertiary alicyclic amines) is 1. The van der Waals surface area contributed by atoms with Crippen molar-refractivity contribution in [1.29, 1.82) is 0 Å². The maximum absolute atomic E-state index is 12.8. The first-order valence-corrected chi connectivity index (χ1v) is 7.01. The van der Waals surface area contributed by atoms with E-state index >= 15 is 0 Å². The quantitative estimate of drug-likeness (QED) is 0.931. The van der Waals surface area contributed by atoms with Crippen LogP contribution in [0.3, 0.4) is 0 Å². The van der Waals surface area contributed by atoms with Crippen LogP contribution in [-0.4, -0.2) is 37.1 Å². The second-order valence-corrected chi connectivity index (χ2v) is 5.36. The van der Waals surface area contributed by atoms with Crippen molar-refractivity contribution < 1.29 is 18.0 Å². The number of rotatable bonds is 3. The molecule has 21 heavy (non-hydrogen) atoms. The Morgan fingerprint density at radius 1 is 1.33 bits per heavy atom. The molecule has 0 radical (unpaired) electrons. The molecule has 1 amide bonds. The molecule has 0 aliphatic carbocycles. The summed E-state index contributed by atoms with van der Waals surface area (Å²) in [6.45, 7) is 0.846. The summed E-state index contributed by atoms with van der Waals surface area (Å²) in [7, 11) is 1.82. The first-order chi connectivity index (χ1) is 9.91. The number of carbonyl (C=O) groups is 1. The fourth-order valence-electron chi connectivity index (χ4n) is 2.58. The van der Waals surface area contributed by atoms with Gasteiger partial charge in [0.2, 0.25) is 0 Å². The number of carbonyl (C=O) groups excluding carboxylic acids is 1. The minimum Gasteiger partial charge on any atom is -0.338 e. The van der Waals surface area contributed by atoms with Crippen LogP contribution in [0.4, 0.5) is 13.2 Å². The van der Waals surface area contributed by atoms with Gasteiger partial charge in [-0.3, -0.25) is 4.79 Å². The number of benzene rings is 1. The molecule has 0 aromatic heterocycles. The van der Waals surface area contributed by atoms with Crippen LogP contribution >= 0.6 is 0 Å². The van der Waals surface area contributed by atoms with Gasteiger partial charge in [0.1, 0.15) is 0 Å². The molecule has 1 aliphatic rings. The molecule has 1 saturated heterocycles. The Kier molecular flexibility index (Phi) is 4.88. The van der Waals surface area contributed by atoms with Crippen LogP contribution in [0.5, 0.6) is 0 Å². The standard InChI is InChI=1S/C15H19F3N2O/c1-19-9-11-4-6-12(7-5-11)14(21)20-8-2-3-13(10-20)15(16,17)18/h4-7,13,19H,2-3,8-10H2,1H3. The molecule has 1 unspecified atom stereocenters. The molecule has 1 heterocycles. The molecule has 6 heteroatoms. The fraction of sp³-hybridized carbons (Fsp3) is 0.533. The first kappa shape index (κ1) is 15.8. The van der Waals surface area contributed by atoms with E-state index in [0.717, 1.165) is 5.56 Å². The van der Waals surface area contributed by atoms with Crippen LogP contribution in [0.15, 0.2) is 24.3 Å². The molecule has 2 rings (SSSR count). The monoisotopic (exact) mass is 300 g/mol. The number of hydrogen-bond acceptors (Lipinski definition) is 2. The zero-order valence-electron chi connectivity index (χ0n) is 11.9. The third-order valence-electron chi connectivity index (χ3n) is 3.75. The molecule has 1 aromatic carbocycles. The lowest BCUT2D eigenvalue weighted by Crippen LogP contribution is -2.44. The van der Waals surface area contributed by atoms with Gasteiger partial charge in [-0.05, 0) is 37.6 Å². The molecule has 116 valence electrons. The molecule has 1 fully saturated rings. The highest BCUT2D eigenvalue weighted by Gasteiger charge is 2.42. The lowest BCUT2D eigenvalue weighted by molar-refractivity contribution is -0.184. The Balaban J connectivity index is 2.05. The van der Waals surface area contributed by atoms with E-state index in [4.69, 9.17) is 0 Å². The molecule has 1 atom stereocenters. The van der Waals surface area contributed by atoms with Gasteiger partial charge in [0.15, 0.2) is 0 Å². The Morgan fingerprint density at radius 3 is 2.57 bits per heavy atom. The molecule has 0 spiro atoms. The number of halogens is 3. The molecule has 0 bridgehead atoms. The second-order valence-electron chi connectivity index (χ2n) is 5.36. The van der Waals surface area contributed by atoms with Gasteiger partial charge in [-0.25, -0.2) is 0 Å². The van der Waals surface area contributed by atoms with Crippen LogP contribution in [0.25, 0.3) is 0 Å². The van der Waals surface area contributed by atoms with Gasteiger partial charge in [-0.2, -0.15) is 13.2 Å². The number of nitrogens with one attached hydrogen (secondary N) is 1. The van der Waals surface area contributed by atoms with Crippen LogP contribution in [0.1, 0.15) is 28.8 Å². The van der Waals surface area contributed by atoms with E-state index < -0.39 is 12.1 Å². The fourth-order valence-corrected chi connectivity index (χ4v) is 2.58. The molecule has 1 aromatic rings. The molecular formula is C15H19F3N2O. The summed E-state index contributed by atoms with van der Waals surface area (Å²) in [5, 5.41) is 3.00. The SMILES string of the molecule is CNCc1ccc(C(=O)N2CCCC(C(F)(F)F)C2)cc1. The normalized spacial score (nSPS) is 19.6. The number of piperidine rings is 1. The molecule has 3 nitrogen and oxygen atoms in total. The predicted octanol–water partition coefficient (Wildman–Crippen LogP) is 2.82. The van der Waals surface area contributed by atoms with E-state index in [0.29, 0.717) is 25.1 Å². The Labute approximate surface area is 122 Å². The summed E-state index contributed by atoms with van der Waals surface area (Å²) >= 11 is 0. The maximum Gasteiger partial charge on any atom is 0.393 e. The van der Waals surface area contributed by atoms with Crippen LogP contribution in [-0.2, 0) is 6.54 Å². The van der Waals surface area contributed by atoms with Crippen molar-refractivity contribution in [2.45, 2.75) is 25.6 Å². The third kappa shape index (κ3) is 3.97. The highest BCUT2D eigenvalue weighted by Crippen LogP contribution is 2.33. The largest absolute Gasteiger partial charge is 0.393 e. The average Bonchev–Trinajstić information content (AvgIpc) is 2.47. The number of hydrogen-bond donors (Lipinski definition) is 1.